The third-order valence-corrected chi connectivity index (χ3v) is 2.81. The summed E-state index contributed by atoms with van der Waals surface area (Å²) in [5, 5.41) is 5.33. The minimum absolute atomic E-state index is 0.0558. The Bertz CT molecular complexity index is 228. The van der Waals surface area contributed by atoms with E-state index in [0.717, 1.165) is 6.42 Å². The van der Waals surface area contributed by atoms with Gasteiger partial charge in [-0.05, 0) is 18.8 Å². The van der Waals surface area contributed by atoms with E-state index >= 15 is 0 Å². The van der Waals surface area contributed by atoms with E-state index < -0.39 is 0 Å². The van der Waals surface area contributed by atoms with E-state index in [1.54, 1.807) is 0 Å². The molecule has 0 aromatic rings. The minimum Gasteiger partial charge on any atom is -0.359 e. The molecule has 80 valence electrons. The second kappa shape index (κ2) is 4.98. The zero-order valence-electron chi connectivity index (χ0n) is 8.80. The Hall–Kier alpha value is -1.06. The Balaban J connectivity index is 2.29. The lowest BCUT2D eigenvalue weighted by atomic mass is 10.1. The van der Waals surface area contributed by atoms with Crippen LogP contribution in [-0.4, -0.2) is 24.9 Å². The van der Waals surface area contributed by atoms with Crippen molar-refractivity contribution in [2.45, 2.75) is 38.6 Å². The van der Waals surface area contributed by atoms with Crippen molar-refractivity contribution in [1.82, 2.24) is 10.6 Å². The molecule has 1 fully saturated rings. The molecule has 0 bridgehead atoms. The maximum atomic E-state index is 11.3. The summed E-state index contributed by atoms with van der Waals surface area (Å²) in [7, 11) is 1.54. The minimum atomic E-state index is -0.229. The van der Waals surface area contributed by atoms with Gasteiger partial charge in [-0.15, -0.1) is 0 Å². The first-order valence-corrected chi connectivity index (χ1v) is 5.13. The molecule has 0 saturated heterocycles. The van der Waals surface area contributed by atoms with Crippen LogP contribution in [0.5, 0.6) is 0 Å². The maximum Gasteiger partial charge on any atom is 0.229 e. The van der Waals surface area contributed by atoms with Crippen LogP contribution in [-0.2, 0) is 9.59 Å². The topological polar surface area (TPSA) is 58.2 Å². The van der Waals surface area contributed by atoms with Gasteiger partial charge in [0.15, 0.2) is 0 Å². The summed E-state index contributed by atoms with van der Waals surface area (Å²) < 4.78 is 0. The van der Waals surface area contributed by atoms with Crippen LogP contribution in [0, 0.1) is 5.92 Å². The molecule has 0 aliphatic heterocycles. The van der Waals surface area contributed by atoms with Gasteiger partial charge >= 0.3 is 0 Å². The first kappa shape index (κ1) is 11.0. The third kappa shape index (κ3) is 3.01. The first-order valence-electron chi connectivity index (χ1n) is 5.13. The number of carbonyl (C=O) groups excluding carboxylic acids is 2. The van der Waals surface area contributed by atoms with E-state index in [-0.39, 0.29) is 24.3 Å². The van der Waals surface area contributed by atoms with Crippen molar-refractivity contribution in [3.8, 4) is 0 Å². The molecule has 1 rings (SSSR count). The quantitative estimate of drug-likeness (QED) is 0.646. The fourth-order valence-electron chi connectivity index (χ4n) is 1.85. The van der Waals surface area contributed by atoms with Crippen LogP contribution in [0.3, 0.4) is 0 Å². The third-order valence-electron chi connectivity index (χ3n) is 2.81. The van der Waals surface area contributed by atoms with Crippen molar-refractivity contribution >= 4 is 11.8 Å². The molecule has 1 aliphatic carbocycles. The average Bonchev–Trinajstić information content (AvgIpc) is 2.51. The Morgan fingerprint density at radius 3 is 2.50 bits per heavy atom. The van der Waals surface area contributed by atoms with Crippen molar-refractivity contribution in [3.05, 3.63) is 0 Å². The number of amides is 2. The Labute approximate surface area is 84.4 Å². The van der Waals surface area contributed by atoms with Crippen molar-refractivity contribution in [1.29, 1.82) is 0 Å². The first-order chi connectivity index (χ1) is 6.63. The summed E-state index contributed by atoms with van der Waals surface area (Å²) in [6.07, 6.45) is 3.33. The Morgan fingerprint density at radius 2 is 2.00 bits per heavy atom. The SMILES string of the molecule is CNC(=O)CC(=O)NC1CCCC1C. The lowest BCUT2D eigenvalue weighted by Gasteiger charge is -2.16. The molecule has 0 aromatic carbocycles. The molecule has 2 N–H and O–H groups in total. The number of rotatable bonds is 3. The van der Waals surface area contributed by atoms with Gasteiger partial charge in [-0.3, -0.25) is 9.59 Å². The van der Waals surface area contributed by atoms with Crippen molar-refractivity contribution in [3.63, 3.8) is 0 Å². The smallest absolute Gasteiger partial charge is 0.229 e. The van der Waals surface area contributed by atoms with E-state index in [4.69, 9.17) is 0 Å². The normalized spacial score (nSPS) is 25.9. The van der Waals surface area contributed by atoms with E-state index in [1.807, 2.05) is 0 Å². The zero-order chi connectivity index (χ0) is 10.6. The predicted molar refractivity (Wildman–Crippen MR) is 53.6 cm³/mol. The molecule has 4 nitrogen and oxygen atoms in total. The van der Waals surface area contributed by atoms with Crippen LogP contribution < -0.4 is 10.6 Å². The van der Waals surface area contributed by atoms with Gasteiger partial charge in [0.05, 0.1) is 0 Å². The highest BCUT2D eigenvalue weighted by Gasteiger charge is 2.24. The van der Waals surface area contributed by atoms with Crippen LogP contribution in [0.4, 0.5) is 0 Å². The fourth-order valence-corrected chi connectivity index (χ4v) is 1.85. The highest BCUT2D eigenvalue weighted by Crippen LogP contribution is 2.24. The van der Waals surface area contributed by atoms with Gasteiger partial charge in [0, 0.05) is 13.1 Å². The molecule has 0 heterocycles. The Kier molecular flexibility index (Phi) is 3.92. The molecule has 0 spiro atoms. The molecular formula is C10H18N2O2. The fraction of sp³-hybridized carbons (Fsp3) is 0.800. The number of carbonyl (C=O) groups is 2. The summed E-state index contributed by atoms with van der Waals surface area (Å²) >= 11 is 0. The van der Waals surface area contributed by atoms with Crippen molar-refractivity contribution in [2.24, 2.45) is 5.92 Å². The summed E-state index contributed by atoms with van der Waals surface area (Å²) in [6.45, 7) is 2.14. The number of nitrogens with one attached hydrogen (secondary N) is 2. The van der Waals surface area contributed by atoms with Gasteiger partial charge in [0.2, 0.25) is 11.8 Å². The molecule has 0 radical (unpaired) electrons. The van der Waals surface area contributed by atoms with Gasteiger partial charge in [-0.2, -0.15) is 0 Å². The maximum absolute atomic E-state index is 11.3. The lowest BCUT2D eigenvalue weighted by Crippen LogP contribution is -2.38. The number of hydrogen-bond donors (Lipinski definition) is 2. The highest BCUT2D eigenvalue weighted by atomic mass is 16.2. The molecule has 14 heavy (non-hydrogen) atoms. The Morgan fingerprint density at radius 1 is 1.29 bits per heavy atom. The van der Waals surface area contributed by atoms with Gasteiger partial charge in [0.25, 0.3) is 0 Å². The molecule has 2 atom stereocenters. The average molecular weight is 198 g/mol. The van der Waals surface area contributed by atoms with Gasteiger partial charge in [-0.1, -0.05) is 13.3 Å². The van der Waals surface area contributed by atoms with Crippen molar-refractivity contribution in [2.75, 3.05) is 7.05 Å². The number of hydrogen-bond acceptors (Lipinski definition) is 2. The monoisotopic (exact) mass is 198 g/mol. The van der Waals surface area contributed by atoms with E-state index in [0.29, 0.717) is 5.92 Å². The van der Waals surface area contributed by atoms with Crippen LogP contribution >= 0.6 is 0 Å². The molecule has 4 heteroatoms. The summed E-state index contributed by atoms with van der Waals surface area (Å²) in [5.74, 6) is 0.153. The highest BCUT2D eigenvalue weighted by molar-refractivity contribution is 5.96. The predicted octanol–water partition coefficient (Wildman–Crippen LogP) is 0.427. The molecule has 2 unspecified atom stereocenters. The van der Waals surface area contributed by atoms with Crippen LogP contribution in [0.1, 0.15) is 32.6 Å². The molecule has 2 amide bonds. The van der Waals surface area contributed by atoms with E-state index in [1.165, 1.54) is 19.9 Å². The summed E-state index contributed by atoms with van der Waals surface area (Å²) in [6, 6.07) is 0.271. The second-order valence-corrected chi connectivity index (χ2v) is 3.93. The van der Waals surface area contributed by atoms with Crippen LogP contribution in [0.15, 0.2) is 0 Å². The lowest BCUT2D eigenvalue weighted by molar-refractivity contribution is -0.129. The van der Waals surface area contributed by atoms with Gasteiger partial charge < -0.3 is 10.6 Å². The summed E-state index contributed by atoms with van der Waals surface area (Å²) in [4.78, 5) is 22.2. The summed E-state index contributed by atoms with van der Waals surface area (Å²) in [5.41, 5.74) is 0. The van der Waals surface area contributed by atoms with Crippen LogP contribution in [0.2, 0.25) is 0 Å². The molecule has 1 aliphatic rings. The second-order valence-electron chi connectivity index (χ2n) is 3.93. The van der Waals surface area contributed by atoms with E-state index in [9.17, 15) is 9.59 Å². The van der Waals surface area contributed by atoms with E-state index in [2.05, 4.69) is 17.6 Å². The largest absolute Gasteiger partial charge is 0.359 e. The molecule has 1 saturated carbocycles. The van der Waals surface area contributed by atoms with Gasteiger partial charge in [0.1, 0.15) is 6.42 Å². The molecule has 0 aromatic heterocycles. The van der Waals surface area contributed by atoms with Crippen LogP contribution in [0.25, 0.3) is 0 Å². The zero-order valence-corrected chi connectivity index (χ0v) is 8.80. The standard InChI is InChI=1S/C10H18N2O2/c1-7-4-3-5-8(7)12-10(14)6-9(13)11-2/h7-8H,3-6H2,1-2H3,(H,11,13)(H,12,14). The van der Waals surface area contributed by atoms with Crippen molar-refractivity contribution < 1.29 is 9.59 Å². The molecular weight excluding hydrogens is 180 g/mol. The van der Waals surface area contributed by atoms with Gasteiger partial charge in [-0.25, -0.2) is 0 Å².